The molecule has 94 valence electrons. The van der Waals surface area contributed by atoms with Gasteiger partial charge in [-0.25, -0.2) is 4.98 Å². The molecule has 1 aliphatic rings. The highest BCUT2D eigenvalue weighted by atomic mass is 32.1. The van der Waals surface area contributed by atoms with E-state index in [-0.39, 0.29) is 11.3 Å². The maximum Gasteiger partial charge on any atom is 0.220 e. The molecule has 4 nitrogen and oxygen atoms in total. The van der Waals surface area contributed by atoms with Crippen LogP contribution in [0.1, 0.15) is 31.4 Å². The van der Waals surface area contributed by atoms with Crippen molar-refractivity contribution >= 4 is 17.2 Å². The summed E-state index contributed by atoms with van der Waals surface area (Å²) in [6, 6.07) is 0. The third-order valence-corrected chi connectivity index (χ3v) is 4.20. The predicted molar refractivity (Wildman–Crippen MR) is 68.8 cm³/mol. The number of thiazole rings is 1. The van der Waals surface area contributed by atoms with Gasteiger partial charge in [0.15, 0.2) is 0 Å². The number of nitrogens with two attached hydrogens (primary N) is 1. The Morgan fingerprint density at radius 3 is 2.94 bits per heavy atom. The molecular formula is C12H19N3OS. The fraction of sp³-hybridized carbons (Fsp3) is 0.667. The minimum absolute atomic E-state index is 0.102. The highest BCUT2D eigenvalue weighted by Crippen LogP contribution is 2.42. The summed E-state index contributed by atoms with van der Waals surface area (Å²) in [5.41, 5.74) is 8.70. The van der Waals surface area contributed by atoms with Gasteiger partial charge < -0.3 is 11.1 Å². The Morgan fingerprint density at radius 1 is 1.59 bits per heavy atom. The molecule has 17 heavy (non-hydrogen) atoms. The molecule has 0 saturated heterocycles. The maximum atomic E-state index is 11.8. The van der Waals surface area contributed by atoms with Gasteiger partial charge in [-0.05, 0) is 24.8 Å². The summed E-state index contributed by atoms with van der Waals surface area (Å²) < 4.78 is 0. The zero-order valence-corrected chi connectivity index (χ0v) is 10.8. The minimum atomic E-state index is 0.102. The molecule has 0 unspecified atom stereocenters. The normalized spacial score (nSPS) is 17.5. The molecule has 1 saturated carbocycles. The Kier molecular flexibility index (Phi) is 4.12. The lowest BCUT2D eigenvalue weighted by Crippen LogP contribution is -2.42. The van der Waals surface area contributed by atoms with Crippen LogP contribution in [-0.4, -0.2) is 24.0 Å². The summed E-state index contributed by atoms with van der Waals surface area (Å²) >= 11 is 1.58. The lowest BCUT2D eigenvalue weighted by atomic mass is 9.66. The van der Waals surface area contributed by atoms with Crippen LogP contribution in [0.3, 0.4) is 0 Å². The van der Waals surface area contributed by atoms with Gasteiger partial charge >= 0.3 is 0 Å². The van der Waals surface area contributed by atoms with E-state index >= 15 is 0 Å². The van der Waals surface area contributed by atoms with Crippen molar-refractivity contribution in [1.82, 2.24) is 10.3 Å². The second kappa shape index (κ2) is 5.60. The van der Waals surface area contributed by atoms with Crippen molar-refractivity contribution in [2.24, 2.45) is 11.1 Å². The number of rotatable bonds is 6. The number of aromatic nitrogens is 1. The van der Waals surface area contributed by atoms with Gasteiger partial charge in [0.2, 0.25) is 5.91 Å². The van der Waals surface area contributed by atoms with Gasteiger partial charge in [-0.15, -0.1) is 11.3 Å². The topological polar surface area (TPSA) is 68.0 Å². The van der Waals surface area contributed by atoms with Crippen LogP contribution in [0.4, 0.5) is 0 Å². The van der Waals surface area contributed by atoms with E-state index in [9.17, 15) is 4.79 Å². The quantitative estimate of drug-likeness (QED) is 0.803. The number of carbonyl (C=O) groups is 1. The number of amides is 1. The predicted octanol–water partition coefficient (Wildman–Crippen LogP) is 1.32. The SMILES string of the molecule is NCC1(CC(=O)NCCc2cscn2)CCC1. The molecule has 1 heterocycles. The van der Waals surface area contributed by atoms with Crippen molar-refractivity contribution in [3.05, 3.63) is 16.6 Å². The molecule has 5 heteroatoms. The molecule has 0 spiro atoms. The molecule has 0 atom stereocenters. The summed E-state index contributed by atoms with van der Waals surface area (Å²) in [6.07, 6.45) is 4.81. The molecule has 0 bridgehead atoms. The monoisotopic (exact) mass is 253 g/mol. The van der Waals surface area contributed by atoms with Crippen LogP contribution >= 0.6 is 11.3 Å². The zero-order chi connectivity index (χ0) is 12.1. The number of hydrogen-bond donors (Lipinski definition) is 2. The average Bonchev–Trinajstić information content (AvgIpc) is 2.76. The van der Waals surface area contributed by atoms with Crippen LogP contribution < -0.4 is 11.1 Å². The Morgan fingerprint density at radius 2 is 2.41 bits per heavy atom. The van der Waals surface area contributed by atoms with Crippen LogP contribution in [0.25, 0.3) is 0 Å². The number of carbonyl (C=O) groups excluding carboxylic acids is 1. The van der Waals surface area contributed by atoms with Crippen molar-refractivity contribution in [3.63, 3.8) is 0 Å². The van der Waals surface area contributed by atoms with E-state index < -0.39 is 0 Å². The fourth-order valence-corrected chi connectivity index (χ4v) is 2.82. The van der Waals surface area contributed by atoms with E-state index in [1.165, 1.54) is 6.42 Å². The van der Waals surface area contributed by atoms with Gasteiger partial charge in [-0.1, -0.05) is 6.42 Å². The van der Waals surface area contributed by atoms with E-state index in [0.717, 1.165) is 25.0 Å². The standard InChI is InChI=1S/C12H19N3OS/c13-8-12(3-1-4-12)6-11(16)14-5-2-10-7-17-9-15-10/h7,9H,1-6,8,13H2,(H,14,16). The van der Waals surface area contributed by atoms with E-state index in [0.29, 0.717) is 19.5 Å². The number of nitrogens with one attached hydrogen (secondary N) is 1. The molecule has 1 aliphatic carbocycles. The molecule has 0 aromatic carbocycles. The Balaban J connectivity index is 1.67. The smallest absolute Gasteiger partial charge is 0.220 e. The van der Waals surface area contributed by atoms with Crippen molar-refractivity contribution < 1.29 is 4.79 Å². The molecule has 1 aromatic rings. The summed E-state index contributed by atoms with van der Waals surface area (Å²) in [4.78, 5) is 15.9. The Bertz CT molecular complexity index is 354. The first kappa shape index (κ1) is 12.5. The Hall–Kier alpha value is -0.940. The van der Waals surface area contributed by atoms with E-state index in [4.69, 9.17) is 5.73 Å². The van der Waals surface area contributed by atoms with E-state index in [1.807, 2.05) is 10.9 Å². The van der Waals surface area contributed by atoms with Gasteiger partial charge in [0.1, 0.15) is 0 Å². The van der Waals surface area contributed by atoms with Gasteiger partial charge in [0.05, 0.1) is 11.2 Å². The largest absolute Gasteiger partial charge is 0.356 e. The van der Waals surface area contributed by atoms with Gasteiger partial charge in [0, 0.05) is 24.8 Å². The molecule has 0 radical (unpaired) electrons. The third kappa shape index (κ3) is 3.26. The summed E-state index contributed by atoms with van der Waals surface area (Å²) in [5, 5.41) is 4.96. The van der Waals surface area contributed by atoms with Crippen LogP contribution in [0.2, 0.25) is 0 Å². The van der Waals surface area contributed by atoms with Crippen LogP contribution in [0, 0.1) is 5.41 Å². The Labute approximate surface area is 106 Å². The van der Waals surface area contributed by atoms with Crippen LogP contribution in [0.5, 0.6) is 0 Å². The van der Waals surface area contributed by atoms with E-state index in [1.54, 1.807) is 11.3 Å². The van der Waals surface area contributed by atoms with Crippen molar-refractivity contribution in [3.8, 4) is 0 Å². The van der Waals surface area contributed by atoms with Crippen molar-refractivity contribution in [2.45, 2.75) is 32.1 Å². The summed E-state index contributed by atoms with van der Waals surface area (Å²) in [5.74, 6) is 0.130. The molecule has 0 aliphatic heterocycles. The fourth-order valence-electron chi connectivity index (χ4n) is 2.22. The van der Waals surface area contributed by atoms with Crippen LogP contribution in [-0.2, 0) is 11.2 Å². The molecule has 1 aromatic heterocycles. The molecule has 3 N–H and O–H groups in total. The molecule has 2 rings (SSSR count). The van der Waals surface area contributed by atoms with Gasteiger partial charge in [0.25, 0.3) is 0 Å². The third-order valence-electron chi connectivity index (χ3n) is 3.57. The van der Waals surface area contributed by atoms with Gasteiger partial charge in [-0.2, -0.15) is 0 Å². The molecular weight excluding hydrogens is 234 g/mol. The summed E-state index contributed by atoms with van der Waals surface area (Å²) in [7, 11) is 0. The lowest BCUT2D eigenvalue weighted by Gasteiger charge is -2.40. The first-order valence-corrected chi connectivity index (χ1v) is 7.02. The highest BCUT2D eigenvalue weighted by Gasteiger charge is 2.37. The average molecular weight is 253 g/mol. The zero-order valence-electron chi connectivity index (χ0n) is 9.95. The lowest BCUT2D eigenvalue weighted by molar-refractivity contribution is -0.124. The van der Waals surface area contributed by atoms with E-state index in [2.05, 4.69) is 10.3 Å². The van der Waals surface area contributed by atoms with Crippen molar-refractivity contribution in [2.75, 3.05) is 13.1 Å². The first-order chi connectivity index (χ1) is 8.24. The minimum Gasteiger partial charge on any atom is -0.356 e. The summed E-state index contributed by atoms with van der Waals surface area (Å²) in [6.45, 7) is 1.30. The second-order valence-corrected chi connectivity index (χ2v) is 5.53. The second-order valence-electron chi connectivity index (χ2n) is 4.81. The molecule has 1 fully saturated rings. The first-order valence-electron chi connectivity index (χ1n) is 6.08. The maximum absolute atomic E-state index is 11.8. The highest BCUT2D eigenvalue weighted by molar-refractivity contribution is 7.07. The number of hydrogen-bond acceptors (Lipinski definition) is 4. The van der Waals surface area contributed by atoms with Crippen LogP contribution in [0.15, 0.2) is 10.9 Å². The van der Waals surface area contributed by atoms with Gasteiger partial charge in [-0.3, -0.25) is 4.79 Å². The molecule has 1 amide bonds. The number of nitrogens with zero attached hydrogens (tertiary/aromatic N) is 1. The van der Waals surface area contributed by atoms with Crippen molar-refractivity contribution in [1.29, 1.82) is 0 Å².